The van der Waals surface area contributed by atoms with Crippen LogP contribution >= 0.6 is 0 Å². The third-order valence-corrected chi connectivity index (χ3v) is 24.6. The van der Waals surface area contributed by atoms with E-state index in [1.807, 2.05) is 150 Å². The Kier molecular flexibility index (Phi) is 36.1. The van der Waals surface area contributed by atoms with Gasteiger partial charge in [0.1, 0.15) is 17.7 Å². The number of ether oxygens (including phenoxy) is 5. The summed E-state index contributed by atoms with van der Waals surface area (Å²) in [6, 6.07) is 13.9. The highest BCUT2D eigenvalue weighted by Crippen LogP contribution is 2.37. The summed E-state index contributed by atoms with van der Waals surface area (Å²) in [5.41, 5.74) is 1.23. The second-order valence-corrected chi connectivity index (χ2v) is 34.9. The molecule has 119 heavy (non-hydrogen) atoms. The first-order valence-electron chi connectivity index (χ1n) is 42.7. The Morgan fingerprint density at radius 3 is 1.36 bits per heavy atom. The number of amides is 7. The van der Waals surface area contributed by atoms with Crippen LogP contribution in [0.15, 0.2) is 70.6 Å². The summed E-state index contributed by atoms with van der Waals surface area (Å²) in [5, 5.41) is 39.3. The number of guanidine groups is 2. The van der Waals surface area contributed by atoms with Gasteiger partial charge in [0.2, 0.25) is 35.4 Å². The number of carbonyl (C=O) groups is 7. The number of aromatic nitrogens is 8. The van der Waals surface area contributed by atoms with Crippen molar-refractivity contribution in [2.24, 2.45) is 51.4 Å². The van der Waals surface area contributed by atoms with Gasteiger partial charge in [0.15, 0.2) is 23.6 Å². The molecule has 4 fully saturated rings. The first-order chi connectivity index (χ1) is 56.7. The number of rotatable bonds is 38. The molecule has 4 saturated heterocycles. The molecule has 0 saturated carbocycles. The largest absolute Gasteiger partial charge is 0.444 e. The molecule has 8 rings (SSSR count). The average Bonchev–Trinajstić information content (AvgIpc) is 1.69. The number of H-pyrrole nitrogens is 2. The summed E-state index contributed by atoms with van der Waals surface area (Å²) in [6.45, 7) is 28.6. The summed E-state index contributed by atoms with van der Waals surface area (Å²) in [5.74, 6) is -2.92. The molecule has 18 atom stereocenters. The van der Waals surface area contributed by atoms with Gasteiger partial charge >= 0.3 is 6.09 Å². The Hall–Kier alpha value is -8.99. The van der Waals surface area contributed by atoms with E-state index in [0.717, 1.165) is 24.2 Å². The Morgan fingerprint density at radius 2 is 0.958 bits per heavy atom. The predicted octanol–water partition coefficient (Wildman–Crippen LogP) is 5.99. The maximum absolute atomic E-state index is 16.5. The van der Waals surface area contributed by atoms with Gasteiger partial charge in [-0.25, -0.2) is 14.8 Å². The zero-order valence-corrected chi connectivity index (χ0v) is 74.9. The lowest BCUT2D eigenvalue weighted by atomic mass is 9.78. The molecule has 7 amide bonds. The normalized spacial score (nSPS) is 20.5. The van der Waals surface area contributed by atoms with Gasteiger partial charge in [-0.05, 0) is 93.6 Å². The molecule has 0 radical (unpaired) electrons. The van der Waals surface area contributed by atoms with Gasteiger partial charge in [-0.2, -0.15) is 10.4 Å². The summed E-state index contributed by atoms with van der Waals surface area (Å²) in [4.78, 5) is 134. The van der Waals surface area contributed by atoms with E-state index in [-0.39, 0.29) is 66.0 Å². The quantitative estimate of drug-likeness (QED) is 0.0254. The Bertz CT molecular complexity index is 3860. The number of benzene rings is 2. The molecule has 34 heteroatoms. The molecular formula is C85H140N22O12. The standard InChI is InChI=1S/C85H140N22O12/c1-23-54(4)72(66(115-19)51-68(108)106-40-30-36-64(106)74(117-21)58(8)78(110)87-62(76-91-95-96-92-76)49-60-32-26-24-27-33-60)101(17)81(113)71(90-83(100(15)16)104-44-46-105(47-45-104)84(114)119-85(10,11)12)56(6)48-55(5)57(7)73(102(18)80(112)70(53(2)3)89-82(99(13)14)103-42-38-86-39-43-103)67(116-20)52-69(109)107-41-31-37-65(107)75(118-22)59(9)79(111)88-63(77-93-97-98-94-77)50-61-34-28-25-29-35-61/h24-29,32-35,53-59,62-67,70-75,86H,23,30-31,36-52H2,1-22H3,(H,87,110)(H,88,111)(H,91,92,95,96)(H,93,94,97,98)/t54-,55?,56?,57-,58+,59+,62-,63-,64-,65-,66+,67+,70-,71-,72-,73-,74+,75+/m0/s1. The molecule has 662 valence electrons. The van der Waals surface area contributed by atoms with Crippen molar-refractivity contribution in [2.45, 2.75) is 226 Å². The van der Waals surface area contributed by atoms with Gasteiger partial charge in [-0.3, -0.25) is 28.8 Å². The number of nitrogens with zero attached hydrogens (tertiary/aromatic N) is 17. The van der Waals surface area contributed by atoms with Crippen molar-refractivity contribution < 1.29 is 57.2 Å². The number of carbonyl (C=O) groups excluding carboxylic acids is 7. The first kappa shape index (κ1) is 95.5. The topological polar surface area (TPSA) is 365 Å². The average molecular weight is 1660 g/mol. The summed E-state index contributed by atoms with van der Waals surface area (Å²) >= 11 is 0. The number of likely N-dealkylation sites (N-methyl/N-ethyl adjacent to an activating group) is 2. The summed E-state index contributed by atoms with van der Waals surface area (Å²) in [7, 11) is 17.5. The van der Waals surface area contributed by atoms with Gasteiger partial charge in [-0.1, -0.05) is 140 Å². The molecule has 4 aliphatic heterocycles. The number of aromatic amines is 2. The molecule has 0 bridgehead atoms. The van der Waals surface area contributed by atoms with Crippen LogP contribution in [0.25, 0.3) is 0 Å². The van der Waals surface area contributed by atoms with Crippen molar-refractivity contribution in [3.8, 4) is 0 Å². The van der Waals surface area contributed by atoms with E-state index in [1.165, 1.54) is 0 Å². The van der Waals surface area contributed by atoms with E-state index >= 15 is 19.2 Å². The molecule has 2 aromatic carbocycles. The molecular weight excluding hydrogens is 1520 g/mol. The second-order valence-electron chi connectivity index (χ2n) is 34.9. The van der Waals surface area contributed by atoms with Crippen LogP contribution in [-0.4, -0.2) is 341 Å². The molecule has 6 heterocycles. The third kappa shape index (κ3) is 25.3. The third-order valence-electron chi connectivity index (χ3n) is 24.6. The van der Waals surface area contributed by atoms with Crippen LogP contribution < -0.4 is 16.0 Å². The number of tetrazole rings is 2. The molecule has 0 spiro atoms. The van der Waals surface area contributed by atoms with E-state index < -0.39 is 108 Å². The van der Waals surface area contributed by atoms with Crippen LogP contribution in [0.5, 0.6) is 0 Å². The number of likely N-dealkylation sites (tertiary alicyclic amines) is 2. The zero-order chi connectivity index (χ0) is 87.1. The highest BCUT2D eigenvalue weighted by Gasteiger charge is 2.48. The lowest BCUT2D eigenvalue weighted by Gasteiger charge is -2.43. The minimum atomic E-state index is -1.06. The molecule has 34 nitrogen and oxygen atoms in total. The number of hydrogen-bond donors (Lipinski definition) is 5. The van der Waals surface area contributed by atoms with Crippen molar-refractivity contribution in [3.05, 3.63) is 83.4 Å². The van der Waals surface area contributed by atoms with Crippen molar-refractivity contribution in [3.63, 3.8) is 0 Å². The zero-order valence-electron chi connectivity index (χ0n) is 74.9. The van der Waals surface area contributed by atoms with Crippen LogP contribution in [0.1, 0.15) is 169 Å². The van der Waals surface area contributed by atoms with Gasteiger partial charge < -0.3 is 83.7 Å². The van der Waals surface area contributed by atoms with Crippen LogP contribution in [-0.2, 0) is 65.3 Å². The van der Waals surface area contributed by atoms with Crippen molar-refractivity contribution >= 4 is 53.5 Å². The fraction of sp³-hybridized carbons (Fsp3) is 0.729. The van der Waals surface area contributed by atoms with Crippen molar-refractivity contribution in [1.29, 1.82) is 0 Å². The fourth-order valence-electron chi connectivity index (χ4n) is 17.8. The minimum absolute atomic E-state index is 0.0936. The molecule has 4 aromatic rings. The highest BCUT2D eigenvalue weighted by atomic mass is 16.6. The molecule has 5 N–H and O–H groups in total. The maximum atomic E-state index is 16.5. The van der Waals surface area contributed by atoms with Gasteiger partial charge in [-0.15, -0.1) is 20.4 Å². The van der Waals surface area contributed by atoms with Gasteiger partial charge in [0, 0.05) is 149 Å². The van der Waals surface area contributed by atoms with E-state index in [2.05, 4.69) is 94.7 Å². The predicted molar refractivity (Wildman–Crippen MR) is 454 cm³/mol. The lowest BCUT2D eigenvalue weighted by molar-refractivity contribution is -0.147. The number of methoxy groups -OCH3 is 4. The number of hydrogen-bond acceptors (Lipinski definition) is 21. The Labute approximate surface area is 705 Å². The number of nitrogens with one attached hydrogen (secondary N) is 5. The smallest absolute Gasteiger partial charge is 0.410 e. The Morgan fingerprint density at radius 1 is 0.538 bits per heavy atom. The maximum Gasteiger partial charge on any atom is 0.410 e. The van der Waals surface area contributed by atoms with E-state index in [0.29, 0.717) is 127 Å². The molecule has 0 aliphatic carbocycles. The van der Waals surface area contributed by atoms with E-state index in [4.69, 9.17) is 33.7 Å². The highest BCUT2D eigenvalue weighted by molar-refractivity contribution is 5.89. The van der Waals surface area contributed by atoms with Gasteiger partial charge in [0.05, 0.1) is 85.3 Å². The lowest BCUT2D eigenvalue weighted by Crippen LogP contribution is -2.57. The number of aliphatic imine (C=N–C) groups is 2. The summed E-state index contributed by atoms with van der Waals surface area (Å²) in [6.07, 6.45) is 0.515. The fourth-order valence-corrected chi connectivity index (χ4v) is 17.8. The SMILES string of the molecule is CC[C@H](C)[C@@H]([C@@H](CC(=O)N1CCC[C@H]1[C@H](OC)[C@@H](C)C(=O)N[C@@H](Cc1ccccc1)c1nn[nH]n1)OC)N(C)C(=O)[C@@H](N=C(N(C)C)N1CCN(C(=O)OC(C)(C)C)CC1)C(C)CC(C)[C@H](C)[C@@H]([C@@H](CC(=O)N1CCC[C@H]1[C@H](OC)[C@@H](C)C(=O)N[C@@H](Cc1ccccc1)c1nn[nH]n1)OC)N(C)C(=O)[C@@H](N=C(N(C)C)N1CCNCC1)C(C)C. The van der Waals surface area contributed by atoms with Crippen molar-refractivity contribution in [2.75, 3.05) is 136 Å². The van der Waals surface area contributed by atoms with E-state index in [1.54, 1.807) is 71.1 Å². The second kappa shape index (κ2) is 45.1. The van der Waals surface area contributed by atoms with Gasteiger partial charge in [0.25, 0.3) is 0 Å². The van der Waals surface area contributed by atoms with Crippen LogP contribution in [0, 0.1) is 41.4 Å². The monoisotopic (exact) mass is 1660 g/mol. The van der Waals surface area contributed by atoms with Crippen LogP contribution in [0.3, 0.4) is 0 Å². The molecule has 4 aliphatic rings. The molecule has 2 aromatic heterocycles. The summed E-state index contributed by atoms with van der Waals surface area (Å²) < 4.78 is 31.4. The van der Waals surface area contributed by atoms with Crippen molar-refractivity contribution in [1.82, 2.24) is 101 Å². The van der Waals surface area contributed by atoms with E-state index in [9.17, 15) is 14.4 Å². The van der Waals surface area contributed by atoms with Crippen LogP contribution in [0.4, 0.5) is 4.79 Å². The Balaban J connectivity index is 1.11. The minimum Gasteiger partial charge on any atom is -0.444 e. The number of piperazine rings is 2. The molecule has 2 unspecified atom stereocenters. The van der Waals surface area contributed by atoms with Crippen LogP contribution in [0.2, 0.25) is 0 Å². The first-order valence-corrected chi connectivity index (χ1v) is 42.7.